The molecule has 0 unspecified atom stereocenters. The molecule has 7 nitrogen and oxygen atoms in total. The Hall–Kier alpha value is -2.78. The van der Waals surface area contributed by atoms with Gasteiger partial charge < -0.3 is 9.84 Å². The molecule has 192 valence electrons. The van der Waals surface area contributed by atoms with Crippen LogP contribution in [0.5, 0.6) is 5.75 Å². The lowest BCUT2D eigenvalue weighted by atomic mass is 10.0. The van der Waals surface area contributed by atoms with Gasteiger partial charge in [0.05, 0.1) is 6.61 Å². The standard InChI is InChI=1S/C28H35N3O4S/c1-20-5-7-24(8-6-20)25-9-10-28-26(15-25)35-27(18-30(4)17-23-11-13-29-14-12-23)21(2)16-31(22(3)19-32)36(28,33)34/h5-15,21-22,27,32H,16-19H2,1-4H3/t21-,22+,27-/m0/s1. The van der Waals surface area contributed by atoms with Crippen LogP contribution in [0.1, 0.15) is 25.0 Å². The van der Waals surface area contributed by atoms with Crippen molar-refractivity contribution in [3.63, 3.8) is 0 Å². The van der Waals surface area contributed by atoms with E-state index in [-0.39, 0.29) is 30.1 Å². The first kappa shape index (κ1) is 26.3. The van der Waals surface area contributed by atoms with Gasteiger partial charge in [0.15, 0.2) is 0 Å². The summed E-state index contributed by atoms with van der Waals surface area (Å²) in [5.41, 5.74) is 4.18. The molecule has 4 rings (SSSR count). The van der Waals surface area contributed by atoms with Crippen LogP contribution in [0.15, 0.2) is 71.9 Å². The van der Waals surface area contributed by atoms with Crippen molar-refractivity contribution in [2.45, 2.75) is 44.4 Å². The summed E-state index contributed by atoms with van der Waals surface area (Å²) >= 11 is 0. The maximum Gasteiger partial charge on any atom is 0.247 e. The van der Waals surface area contributed by atoms with Crippen molar-refractivity contribution in [1.29, 1.82) is 0 Å². The van der Waals surface area contributed by atoms with Crippen LogP contribution in [-0.4, -0.2) is 66.6 Å². The van der Waals surface area contributed by atoms with E-state index in [1.165, 1.54) is 4.31 Å². The van der Waals surface area contributed by atoms with Crippen molar-refractivity contribution in [2.75, 3.05) is 26.7 Å². The molecule has 0 saturated heterocycles. The molecule has 0 amide bonds. The molecule has 0 saturated carbocycles. The lowest BCUT2D eigenvalue weighted by Crippen LogP contribution is -2.49. The summed E-state index contributed by atoms with van der Waals surface area (Å²) in [6, 6.07) is 16.8. The molecule has 0 radical (unpaired) electrons. The van der Waals surface area contributed by atoms with Gasteiger partial charge in [-0.15, -0.1) is 0 Å². The maximum absolute atomic E-state index is 13.7. The summed E-state index contributed by atoms with van der Waals surface area (Å²) < 4.78 is 35.3. The molecule has 36 heavy (non-hydrogen) atoms. The van der Waals surface area contributed by atoms with E-state index in [1.807, 2.05) is 69.4 Å². The third-order valence-corrected chi connectivity index (χ3v) is 8.77. The van der Waals surface area contributed by atoms with Crippen LogP contribution >= 0.6 is 0 Å². The fraction of sp³-hybridized carbons (Fsp3) is 0.393. The van der Waals surface area contributed by atoms with Gasteiger partial charge in [-0.3, -0.25) is 9.88 Å². The lowest BCUT2D eigenvalue weighted by Gasteiger charge is -2.37. The van der Waals surface area contributed by atoms with Crippen LogP contribution in [0.25, 0.3) is 11.1 Å². The smallest absolute Gasteiger partial charge is 0.247 e. The zero-order valence-corrected chi connectivity index (χ0v) is 22.1. The molecule has 1 aliphatic heterocycles. The summed E-state index contributed by atoms with van der Waals surface area (Å²) in [6.45, 7) is 7.11. The topological polar surface area (TPSA) is 83.0 Å². The number of aryl methyl sites for hydroxylation is 1. The second-order valence-corrected chi connectivity index (χ2v) is 11.7. The zero-order valence-electron chi connectivity index (χ0n) is 21.3. The molecule has 0 bridgehead atoms. The van der Waals surface area contributed by atoms with E-state index >= 15 is 0 Å². The molecule has 1 aromatic heterocycles. The molecular formula is C28H35N3O4S. The Labute approximate surface area is 214 Å². The Morgan fingerprint density at radius 1 is 1.11 bits per heavy atom. The summed E-state index contributed by atoms with van der Waals surface area (Å²) in [7, 11) is -1.83. The zero-order chi connectivity index (χ0) is 25.9. The number of pyridine rings is 1. The van der Waals surface area contributed by atoms with Gasteiger partial charge in [-0.25, -0.2) is 8.42 Å². The monoisotopic (exact) mass is 509 g/mol. The first-order chi connectivity index (χ1) is 17.2. The molecule has 2 heterocycles. The molecule has 0 fully saturated rings. The van der Waals surface area contributed by atoms with E-state index in [4.69, 9.17) is 4.74 Å². The van der Waals surface area contributed by atoms with E-state index in [2.05, 4.69) is 9.88 Å². The SMILES string of the molecule is Cc1ccc(-c2ccc3c(c2)O[C@@H](CN(C)Cc2ccncc2)[C@@H](C)CN([C@H](C)CO)S3(=O)=O)cc1. The third kappa shape index (κ3) is 5.78. The number of sulfonamides is 1. The van der Waals surface area contributed by atoms with E-state index in [0.29, 0.717) is 12.3 Å². The van der Waals surface area contributed by atoms with Gasteiger partial charge >= 0.3 is 0 Å². The number of aliphatic hydroxyl groups excluding tert-OH is 1. The van der Waals surface area contributed by atoms with Crippen molar-refractivity contribution >= 4 is 10.0 Å². The average Bonchev–Trinajstić information content (AvgIpc) is 2.86. The Bertz CT molecular complexity index is 1270. The Balaban J connectivity index is 1.72. The molecule has 2 aromatic carbocycles. The number of aliphatic hydroxyl groups is 1. The highest BCUT2D eigenvalue weighted by atomic mass is 32.2. The quantitative estimate of drug-likeness (QED) is 0.519. The van der Waals surface area contributed by atoms with E-state index < -0.39 is 16.1 Å². The van der Waals surface area contributed by atoms with Crippen molar-refractivity contribution < 1.29 is 18.3 Å². The second kappa shape index (κ2) is 11.1. The number of likely N-dealkylation sites (N-methyl/N-ethyl adjacent to an activating group) is 1. The second-order valence-electron chi connectivity index (χ2n) is 9.82. The number of fused-ring (bicyclic) bond motifs is 1. The van der Waals surface area contributed by atoms with Crippen molar-refractivity contribution in [1.82, 2.24) is 14.2 Å². The lowest BCUT2D eigenvalue weighted by molar-refractivity contribution is 0.0734. The molecule has 0 aliphatic carbocycles. The van der Waals surface area contributed by atoms with Gasteiger partial charge in [0, 0.05) is 44.0 Å². The minimum atomic E-state index is -3.87. The molecule has 8 heteroatoms. The number of hydrogen-bond donors (Lipinski definition) is 1. The molecular weight excluding hydrogens is 474 g/mol. The van der Waals surface area contributed by atoms with Crippen LogP contribution in [0.4, 0.5) is 0 Å². The summed E-state index contributed by atoms with van der Waals surface area (Å²) in [4.78, 5) is 6.39. The van der Waals surface area contributed by atoms with E-state index in [9.17, 15) is 13.5 Å². The minimum Gasteiger partial charge on any atom is -0.487 e. The van der Waals surface area contributed by atoms with Crippen LogP contribution in [-0.2, 0) is 16.6 Å². The predicted molar refractivity (Wildman–Crippen MR) is 141 cm³/mol. The third-order valence-electron chi connectivity index (χ3n) is 6.75. The predicted octanol–water partition coefficient (Wildman–Crippen LogP) is 3.96. The first-order valence-corrected chi connectivity index (χ1v) is 13.7. The van der Waals surface area contributed by atoms with Crippen LogP contribution in [0.3, 0.4) is 0 Å². The highest BCUT2D eigenvalue weighted by Crippen LogP contribution is 2.36. The Morgan fingerprint density at radius 3 is 2.44 bits per heavy atom. The summed E-state index contributed by atoms with van der Waals surface area (Å²) in [6.07, 6.45) is 3.30. The maximum atomic E-state index is 13.7. The number of aromatic nitrogens is 1. The van der Waals surface area contributed by atoms with Gasteiger partial charge in [0.2, 0.25) is 10.0 Å². The van der Waals surface area contributed by atoms with Crippen LogP contribution in [0, 0.1) is 12.8 Å². The van der Waals surface area contributed by atoms with Crippen LogP contribution in [0.2, 0.25) is 0 Å². The molecule has 3 atom stereocenters. The molecule has 1 N–H and O–H groups in total. The number of hydrogen-bond acceptors (Lipinski definition) is 6. The van der Waals surface area contributed by atoms with Crippen LogP contribution < -0.4 is 4.74 Å². The number of nitrogens with zero attached hydrogens (tertiary/aromatic N) is 3. The van der Waals surface area contributed by atoms with Crippen molar-refractivity contribution in [3.05, 3.63) is 78.1 Å². The van der Waals surface area contributed by atoms with Gasteiger partial charge in [0.1, 0.15) is 16.7 Å². The van der Waals surface area contributed by atoms with Gasteiger partial charge in [0.25, 0.3) is 0 Å². The Morgan fingerprint density at radius 2 is 1.78 bits per heavy atom. The fourth-order valence-corrected chi connectivity index (χ4v) is 6.37. The normalized spacial score (nSPS) is 20.7. The number of rotatable bonds is 7. The molecule has 1 aliphatic rings. The minimum absolute atomic E-state index is 0.107. The number of ether oxygens (including phenoxy) is 1. The van der Waals surface area contributed by atoms with Gasteiger partial charge in [-0.2, -0.15) is 4.31 Å². The highest BCUT2D eigenvalue weighted by Gasteiger charge is 2.38. The Kier molecular flexibility index (Phi) is 8.10. The van der Waals surface area contributed by atoms with E-state index in [1.54, 1.807) is 25.4 Å². The molecule has 3 aromatic rings. The summed E-state index contributed by atoms with van der Waals surface area (Å²) in [5.74, 6) is 0.238. The summed E-state index contributed by atoms with van der Waals surface area (Å²) in [5, 5.41) is 9.86. The number of benzene rings is 2. The molecule has 0 spiro atoms. The highest BCUT2D eigenvalue weighted by molar-refractivity contribution is 7.89. The largest absolute Gasteiger partial charge is 0.487 e. The van der Waals surface area contributed by atoms with E-state index in [0.717, 1.165) is 28.8 Å². The fourth-order valence-electron chi connectivity index (χ4n) is 4.54. The first-order valence-electron chi connectivity index (χ1n) is 12.3. The van der Waals surface area contributed by atoms with Crippen molar-refractivity contribution in [3.8, 4) is 16.9 Å². The van der Waals surface area contributed by atoms with Gasteiger partial charge in [-0.05, 0) is 61.9 Å². The average molecular weight is 510 g/mol. The van der Waals surface area contributed by atoms with Gasteiger partial charge in [-0.1, -0.05) is 42.8 Å². The van der Waals surface area contributed by atoms with Crippen molar-refractivity contribution in [2.24, 2.45) is 5.92 Å².